The summed E-state index contributed by atoms with van der Waals surface area (Å²) in [6.07, 6.45) is 11.1. The van der Waals surface area contributed by atoms with Gasteiger partial charge in [-0.3, -0.25) is 9.59 Å². The molecule has 2 aromatic rings. The predicted molar refractivity (Wildman–Crippen MR) is 126 cm³/mol. The summed E-state index contributed by atoms with van der Waals surface area (Å²) in [4.78, 5) is 31.3. The van der Waals surface area contributed by atoms with Gasteiger partial charge in [0.2, 0.25) is 6.41 Å². The number of aryl methyl sites for hydroxylation is 1. The van der Waals surface area contributed by atoms with E-state index in [-0.39, 0.29) is 11.9 Å². The maximum Gasteiger partial charge on any atom is 0.253 e. The van der Waals surface area contributed by atoms with Crippen molar-refractivity contribution in [2.75, 3.05) is 13.7 Å². The first kappa shape index (κ1) is 24.0. The molecule has 8 heteroatoms. The van der Waals surface area contributed by atoms with Gasteiger partial charge < -0.3 is 20.4 Å². The van der Waals surface area contributed by atoms with Crippen LogP contribution in [-0.2, 0) is 14.3 Å². The maximum atomic E-state index is 12.6. The first-order valence-corrected chi connectivity index (χ1v) is 10.6. The van der Waals surface area contributed by atoms with E-state index in [9.17, 15) is 9.59 Å². The zero-order valence-electron chi connectivity index (χ0n) is 18.2. The Morgan fingerprint density at radius 1 is 1.45 bits per heavy atom. The molecule has 1 atom stereocenters. The van der Waals surface area contributed by atoms with Crippen LogP contribution in [0.1, 0.15) is 30.1 Å². The van der Waals surface area contributed by atoms with E-state index >= 15 is 0 Å². The second-order valence-corrected chi connectivity index (χ2v) is 7.77. The van der Waals surface area contributed by atoms with E-state index in [1.165, 1.54) is 17.5 Å². The van der Waals surface area contributed by atoms with Crippen LogP contribution < -0.4 is 10.6 Å². The fraction of sp³-hybridized carbons (Fsp3) is 0.261. The monoisotopic (exact) mass is 440 g/mol. The lowest BCUT2D eigenvalue weighted by Gasteiger charge is -2.13. The molecular weight excluding hydrogens is 412 g/mol. The number of hydrogen-bond acceptors (Lipinski definition) is 5. The molecule has 2 heterocycles. The highest BCUT2D eigenvalue weighted by Gasteiger charge is 2.15. The van der Waals surface area contributed by atoms with Crippen molar-refractivity contribution in [1.29, 1.82) is 0 Å². The Kier molecular flexibility index (Phi) is 9.17. The van der Waals surface area contributed by atoms with Crippen LogP contribution in [0.4, 0.5) is 0 Å². The number of carbonyl (C=O) groups excluding carboxylic acids is 2. The number of H-pyrrole nitrogens is 1. The molecule has 0 saturated carbocycles. The number of carbonyl (C=O) groups is 2. The van der Waals surface area contributed by atoms with Gasteiger partial charge in [0, 0.05) is 47.7 Å². The molecule has 7 nitrogen and oxygen atoms in total. The van der Waals surface area contributed by atoms with Gasteiger partial charge in [0.15, 0.2) is 0 Å². The zero-order valence-corrected chi connectivity index (χ0v) is 19.0. The summed E-state index contributed by atoms with van der Waals surface area (Å²) in [5.74, 6) is -0.312. The Hall–Kier alpha value is -3.23. The van der Waals surface area contributed by atoms with Crippen molar-refractivity contribution in [2.24, 2.45) is 0 Å². The lowest BCUT2D eigenvalue weighted by atomic mass is 10.1. The number of ether oxygens (including phenoxy) is 1. The maximum absolute atomic E-state index is 12.6. The molecule has 0 aliphatic carbocycles. The first-order chi connectivity index (χ1) is 14.9. The molecule has 0 aliphatic rings. The van der Waals surface area contributed by atoms with Gasteiger partial charge in [0.25, 0.3) is 5.91 Å². The number of nitrogens with one attached hydrogen (secondary N) is 3. The molecular formula is C23H28N4O3S. The molecule has 31 heavy (non-hydrogen) atoms. The van der Waals surface area contributed by atoms with Gasteiger partial charge in [0.05, 0.1) is 17.9 Å². The smallest absolute Gasteiger partial charge is 0.253 e. The minimum Gasteiger partial charge on any atom is -0.383 e. The molecule has 2 amide bonds. The standard InChI is InChI=1S/C23H28N4O3S/c1-6-7-8-19-17(4)25-11-20(19)21-13-31-23(27-21)15(2)9-18(10-24-14-28)22(29)26-16(3)12-30-5/h6-11,13-14,16,25H,1,12H2,2-5H3,(H,24,28)(H,26,29)/b8-7-,15-9+,18-10+. The van der Waals surface area contributed by atoms with E-state index in [1.807, 2.05) is 44.5 Å². The van der Waals surface area contributed by atoms with Crippen LogP contribution in [0.25, 0.3) is 22.9 Å². The van der Waals surface area contributed by atoms with Crippen molar-refractivity contribution in [3.05, 3.63) is 64.4 Å². The first-order valence-electron chi connectivity index (χ1n) is 9.72. The molecule has 3 N–H and O–H groups in total. The van der Waals surface area contributed by atoms with Gasteiger partial charge in [-0.05, 0) is 32.4 Å². The van der Waals surface area contributed by atoms with Gasteiger partial charge in [-0.1, -0.05) is 24.8 Å². The Morgan fingerprint density at radius 3 is 2.90 bits per heavy atom. The molecule has 0 aliphatic heterocycles. The third-order valence-electron chi connectivity index (χ3n) is 4.38. The number of thiazole rings is 1. The van der Waals surface area contributed by atoms with Gasteiger partial charge in [0.1, 0.15) is 5.01 Å². The lowest BCUT2D eigenvalue weighted by molar-refractivity contribution is -0.118. The van der Waals surface area contributed by atoms with Crippen LogP contribution in [0.2, 0.25) is 0 Å². The van der Waals surface area contributed by atoms with Crippen LogP contribution in [0.15, 0.2) is 48.2 Å². The number of nitrogens with zero attached hydrogens (tertiary/aromatic N) is 1. The minimum atomic E-state index is -0.312. The molecule has 0 saturated heterocycles. The van der Waals surface area contributed by atoms with Crippen LogP contribution in [-0.4, -0.2) is 42.0 Å². The Labute approximate surface area is 186 Å². The Balaban J connectivity index is 2.31. The fourth-order valence-electron chi connectivity index (χ4n) is 2.90. The number of rotatable bonds is 11. The van der Waals surface area contributed by atoms with Crippen molar-refractivity contribution in [3.8, 4) is 11.3 Å². The van der Waals surface area contributed by atoms with Gasteiger partial charge in [-0.2, -0.15) is 0 Å². The third kappa shape index (κ3) is 6.63. The molecule has 0 fully saturated rings. The topological polar surface area (TPSA) is 96.1 Å². The minimum absolute atomic E-state index is 0.170. The predicted octanol–water partition coefficient (Wildman–Crippen LogP) is 3.83. The number of allylic oxidation sites excluding steroid dienone is 3. The average Bonchev–Trinajstić information content (AvgIpc) is 3.36. The summed E-state index contributed by atoms with van der Waals surface area (Å²) in [6.45, 7) is 9.83. The molecule has 164 valence electrons. The molecule has 0 spiro atoms. The summed E-state index contributed by atoms with van der Waals surface area (Å²) >= 11 is 1.49. The van der Waals surface area contributed by atoms with Crippen LogP contribution in [0.3, 0.4) is 0 Å². The van der Waals surface area contributed by atoms with E-state index in [1.54, 1.807) is 19.3 Å². The largest absolute Gasteiger partial charge is 0.383 e. The van der Waals surface area contributed by atoms with E-state index in [2.05, 4.69) is 22.2 Å². The van der Waals surface area contributed by atoms with Crippen LogP contribution in [0.5, 0.6) is 0 Å². The molecule has 1 unspecified atom stereocenters. The normalized spacial score (nSPS) is 13.3. The quantitative estimate of drug-likeness (QED) is 0.281. The highest BCUT2D eigenvalue weighted by Crippen LogP contribution is 2.31. The SMILES string of the molecule is C=C/C=C\c1c(-c2csc(/C(C)=C/C(=C\NC=O)C(=O)NC(C)COC)n2)c[nH]c1C. The molecule has 2 aromatic heterocycles. The third-order valence-corrected chi connectivity index (χ3v) is 5.36. The fourth-order valence-corrected chi connectivity index (χ4v) is 3.70. The highest BCUT2D eigenvalue weighted by atomic mass is 32.1. The molecule has 0 radical (unpaired) electrons. The molecule has 0 bridgehead atoms. The van der Waals surface area contributed by atoms with E-state index < -0.39 is 0 Å². The van der Waals surface area contributed by atoms with Gasteiger partial charge >= 0.3 is 0 Å². The van der Waals surface area contributed by atoms with E-state index in [0.29, 0.717) is 18.6 Å². The number of hydrogen-bond donors (Lipinski definition) is 3. The van der Waals surface area contributed by atoms with Crippen molar-refractivity contribution in [3.63, 3.8) is 0 Å². The molecule has 0 aromatic carbocycles. The van der Waals surface area contributed by atoms with Crippen molar-refractivity contribution in [1.82, 2.24) is 20.6 Å². The van der Waals surface area contributed by atoms with Crippen LogP contribution >= 0.6 is 11.3 Å². The Bertz CT molecular complexity index is 1010. The van der Waals surface area contributed by atoms with Crippen molar-refractivity contribution < 1.29 is 14.3 Å². The summed E-state index contributed by atoms with van der Waals surface area (Å²) in [5.41, 5.74) is 5.06. The van der Waals surface area contributed by atoms with Crippen molar-refractivity contribution in [2.45, 2.75) is 26.8 Å². The van der Waals surface area contributed by atoms with Crippen LogP contribution in [0, 0.1) is 6.92 Å². The van der Waals surface area contributed by atoms with Gasteiger partial charge in [-0.15, -0.1) is 11.3 Å². The number of amides is 2. The summed E-state index contributed by atoms with van der Waals surface area (Å²) < 4.78 is 5.05. The Morgan fingerprint density at radius 2 is 2.23 bits per heavy atom. The number of aromatic amines is 1. The lowest BCUT2D eigenvalue weighted by Crippen LogP contribution is -2.36. The number of methoxy groups -OCH3 is 1. The molecule has 2 rings (SSSR count). The second-order valence-electron chi connectivity index (χ2n) is 6.92. The van der Waals surface area contributed by atoms with Crippen molar-refractivity contribution >= 4 is 35.3 Å². The average molecular weight is 441 g/mol. The van der Waals surface area contributed by atoms with E-state index in [0.717, 1.165) is 33.1 Å². The summed E-state index contributed by atoms with van der Waals surface area (Å²) in [5, 5.41) is 8.03. The highest BCUT2D eigenvalue weighted by molar-refractivity contribution is 7.11. The van der Waals surface area contributed by atoms with E-state index in [4.69, 9.17) is 9.72 Å². The summed E-state index contributed by atoms with van der Waals surface area (Å²) in [6, 6.07) is -0.170. The zero-order chi connectivity index (χ0) is 22.8. The van der Waals surface area contributed by atoms with Gasteiger partial charge in [-0.25, -0.2) is 4.98 Å². The summed E-state index contributed by atoms with van der Waals surface area (Å²) in [7, 11) is 1.57. The number of aromatic nitrogens is 2. The second kappa shape index (κ2) is 11.8.